The van der Waals surface area contributed by atoms with Crippen molar-refractivity contribution in [3.63, 3.8) is 0 Å². The smallest absolute Gasteiger partial charge is 0.311 e. The zero-order chi connectivity index (χ0) is 55.4. The molecule has 0 spiro atoms. The molecule has 1 amide bonds. The molecule has 0 aliphatic carbocycles. The van der Waals surface area contributed by atoms with E-state index in [-0.39, 0.29) is 49.8 Å². The summed E-state index contributed by atoms with van der Waals surface area (Å²) in [6.45, 7) is 20.2. The Balaban J connectivity index is 1.22. The van der Waals surface area contributed by atoms with Crippen LogP contribution in [0.15, 0.2) is 72.8 Å². The number of ether oxygens (including phenoxy) is 3. The first-order chi connectivity index (χ1) is 35.3. The molecule has 420 valence electrons. The van der Waals surface area contributed by atoms with Crippen LogP contribution in [-0.4, -0.2) is 140 Å². The maximum atomic E-state index is 14.4. The van der Waals surface area contributed by atoms with Crippen LogP contribution in [0.1, 0.15) is 156 Å². The lowest BCUT2D eigenvalue weighted by Gasteiger charge is -2.46. The number of esters is 1. The van der Waals surface area contributed by atoms with E-state index < -0.39 is 79.1 Å². The van der Waals surface area contributed by atoms with Crippen LogP contribution in [0, 0.1) is 38.5 Å². The third kappa shape index (κ3) is 15.9. The molecule has 2 heterocycles. The molecule has 13 heteroatoms. The van der Waals surface area contributed by atoms with Crippen molar-refractivity contribution in [3.05, 3.63) is 89.5 Å². The van der Waals surface area contributed by atoms with E-state index in [0.29, 0.717) is 12.8 Å². The van der Waals surface area contributed by atoms with Crippen molar-refractivity contribution >= 4 is 35.1 Å². The molecule has 12 nitrogen and oxygen atoms in total. The summed E-state index contributed by atoms with van der Waals surface area (Å²) in [6, 6.07) is 26.4. The van der Waals surface area contributed by atoms with Gasteiger partial charge in [0.15, 0.2) is 6.29 Å². The number of aliphatic hydroxyl groups excluding tert-OH is 3. The van der Waals surface area contributed by atoms with Crippen molar-refractivity contribution in [1.29, 1.82) is 0 Å². The van der Waals surface area contributed by atoms with Crippen molar-refractivity contribution < 1.29 is 49.3 Å². The second-order valence-electron chi connectivity index (χ2n) is 23.7. The lowest BCUT2D eigenvalue weighted by molar-refractivity contribution is -0.299. The van der Waals surface area contributed by atoms with Gasteiger partial charge in [-0.3, -0.25) is 9.59 Å². The van der Waals surface area contributed by atoms with Crippen LogP contribution < -0.4 is 15.9 Å². The maximum absolute atomic E-state index is 14.4. The Morgan fingerprint density at radius 3 is 1.73 bits per heavy atom. The Kier molecular flexibility index (Phi) is 23.4. The predicted molar refractivity (Wildman–Crippen MR) is 304 cm³/mol. The predicted octanol–water partition coefficient (Wildman–Crippen LogP) is 8.69. The lowest BCUT2D eigenvalue weighted by atomic mass is 9.78. The van der Waals surface area contributed by atoms with Gasteiger partial charge in [0.2, 0.25) is 5.91 Å². The molecule has 5 N–H and O–H groups in total. The third-order valence-electron chi connectivity index (χ3n) is 16.7. The molecule has 3 aromatic rings. The summed E-state index contributed by atoms with van der Waals surface area (Å²) < 4.78 is 18.6. The zero-order valence-electron chi connectivity index (χ0n) is 48.1. The molecular weight excluding hydrogens is 964 g/mol. The number of hydrogen-bond acceptors (Lipinski definition) is 11. The summed E-state index contributed by atoms with van der Waals surface area (Å²) in [7, 11) is 1.84. The highest BCUT2D eigenvalue weighted by atomic mass is 31.2. The van der Waals surface area contributed by atoms with Crippen molar-refractivity contribution in [2.45, 2.75) is 226 Å². The SMILES string of the molecule is CC[C@H]1OC(=O)[C@H](C)[C@@H](O)[C@H](C)[C@@H](O[C@@H]2O[C@H](C)C[C@H](N(C)C)[C@H]2O)[C@](C)(O)C[C@@H](C)CN(C(=O)CCCCCCCCCCC[P+](c2cccc(C)c2)(c2cccc(C)c2)c2cccc(C)c2)[C@H](C)[C@@H](O)[C@]1(C)O. The molecule has 5 rings (SSSR count). The number of cyclic esters (lactones) is 1. The molecule has 14 atom stereocenters. The number of hydrogen-bond donors (Lipinski definition) is 5. The molecule has 2 aliphatic rings. The highest BCUT2D eigenvalue weighted by Gasteiger charge is 2.51. The van der Waals surface area contributed by atoms with Gasteiger partial charge in [0.1, 0.15) is 47.1 Å². The van der Waals surface area contributed by atoms with Crippen LogP contribution in [0.2, 0.25) is 0 Å². The van der Waals surface area contributed by atoms with Gasteiger partial charge >= 0.3 is 5.97 Å². The molecule has 2 fully saturated rings. The van der Waals surface area contributed by atoms with Gasteiger partial charge in [-0.15, -0.1) is 0 Å². The molecule has 0 saturated carbocycles. The van der Waals surface area contributed by atoms with Crippen LogP contribution in [0.25, 0.3) is 0 Å². The quantitative estimate of drug-likeness (QED) is 0.0443. The lowest BCUT2D eigenvalue weighted by Crippen LogP contribution is -2.60. The Morgan fingerprint density at radius 2 is 1.25 bits per heavy atom. The topological polar surface area (TPSA) is 169 Å². The van der Waals surface area contributed by atoms with E-state index in [1.807, 2.05) is 32.8 Å². The summed E-state index contributed by atoms with van der Waals surface area (Å²) in [4.78, 5) is 31.7. The van der Waals surface area contributed by atoms with E-state index in [4.69, 9.17) is 14.2 Å². The number of carbonyl (C=O) groups excluding carboxylic acids is 2. The van der Waals surface area contributed by atoms with Crippen molar-refractivity contribution in [2.75, 3.05) is 26.8 Å². The highest BCUT2D eigenvalue weighted by Crippen LogP contribution is 2.56. The van der Waals surface area contributed by atoms with E-state index >= 15 is 0 Å². The first kappa shape index (κ1) is 62.6. The zero-order valence-corrected chi connectivity index (χ0v) is 49.0. The van der Waals surface area contributed by atoms with Crippen molar-refractivity contribution in [2.24, 2.45) is 17.8 Å². The van der Waals surface area contributed by atoms with Crippen molar-refractivity contribution in [1.82, 2.24) is 9.80 Å². The normalized spacial score (nSPS) is 31.7. The second kappa shape index (κ2) is 28.0. The number of rotatable bonds is 19. The van der Waals surface area contributed by atoms with E-state index in [0.717, 1.165) is 44.7 Å². The van der Waals surface area contributed by atoms with Crippen LogP contribution >= 0.6 is 7.26 Å². The molecule has 0 aromatic heterocycles. The van der Waals surface area contributed by atoms with E-state index in [1.165, 1.54) is 59.3 Å². The number of nitrogens with zero attached hydrogens (tertiary/aromatic N) is 2. The Morgan fingerprint density at radius 1 is 0.760 bits per heavy atom. The Bertz CT molecular complexity index is 2140. The molecule has 0 unspecified atom stereocenters. The van der Waals surface area contributed by atoms with E-state index in [1.54, 1.807) is 32.6 Å². The fraction of sp³-hybridized carbons (Fsp3) is 0.677. The largest absolute Gasteiger partial charge is 0.459 e. The van der Waals surface area contributed by atoms with E-state index in [9.17, 15) is 35.1 Å². The number of amides is 1. The minimum atomic E-state index is -1.96. The Hall–Kier alpha value is -3.29. The molecule has 0 radical (unpaired) electrons. The number of aryl methyl sites for hydroxylation is 3. The summed E-state index contributed by atoms with van der Waals surface area (Å²) in [5.41, 5.74) is 0.252. The van der Waals surface area contributed by atoms with Crippen LogP contribution in [0.3, 0.4) is 0 Å². The minimum absolute atomic E-state index is 0.0954. The molecular formula is C62H98N2O10P+. The summed E-state index contributed by atoms with van der Waals surface area (Å²) in [5.74, 6) is -3.33. The fourth-order valence-electron chi connectivity index (χ4n) is 12.3. The number of carbonyl (C=O) groups is 2. The number of aliphatic hydroxyl groups is 5. The number of unbranched alkanes of at least 4 members (excludes halogenated alkanes) is 8. The molecule has 3 aromatic carbocycles. The van der Waals surface area contributed by atoms with Gasteiger partial charge in [0.25, 0.3) is 0 Å². The minimum Gasteiger partial charge on any atom is -0.459 e. The van der Waals surface area contributed by atoms with Gasteiger partial charge in [-0.25, -0.2) is 0 Å². The van der Waals surface area contributed by atoms with Gasteiger partial charge in [-0.2, -0.15) is 0 Å². The van der Waals surface area contributed by atoms with Gasteiger partial charge < -0.3 is 49.5 Å². The molecule has 2 aliphatic heterocycles. The van der Waals surface area contributed by atoms with Gasteiger partial charge in [-0.1, -0.05) is 95.7 Å². The van der Waals surface area contributed by atoms with Gasteiger partial charge in [0.05, 0.1) is 42.0 Å². The highest BCUT2D eigenvalue weighted by molar-refractivity contribution is 7.95. The molecule has 75 heavy (non-hydrogen) atoms. The summed E-state index contributed by atoms with van der Waals surface area (Å²) in [5, 5.41) is 64.0. The van der Waals surface area contributed by atoms with Crippen LogP contribution in [0.4, 0.5) is 0 Å². The molecule has 0 bridgehead atoms. The van der Waals surface area contributed by atoms with Crippen LogP contribution in [0.5, 0.6) is 0 Å². The van der Waals surface area contributed by atoms with Crippen LogP contribution in [-0.2, 0) is 23.8 Å². The van der Waals surface area contributed by atoms with E-state index in [2.05, 4.69) is 93.6 Å². The first-order valence-corrected chi connectivity index (χ1v) is 30.4. The maximum Gasteiger partial charge on any atom is 0.311 e. The van der Waals surface area contributed by atoms with Gasteiger partial charge in [-0.05, 0) is 167 Å². The third-order valence-corrected chi connectivity index (χ3v) is 21.2. The van der Waals surface area contributed by atoms with Gasteiger partial charge in [0, 0.05) is 24.9 Å². The Labute approximate surface area is 452 Å². The molecule has 2 saturated heterocycles. The average molecular weight is 1060 g/mol. The summed E-state index contributed by atoms with van der Waals surface area (Å²) >= 11 is 0. The standard InChI is InChI=1S/C62H98N2O10P/c1-14-53-62(11,71)57(68)48(9)64(40-44(5)39-61(10,70)58(46(7)55(66)47(8)59(69)73-53)74-60-56(67)52(63(12)13)38-45(6)72-60)54(65)33-22-20-18-16-15-17-19-21-23-34-75(49-30-24-27-41(2)35-49,50-31-25-28-42(3)36-50)51-32-26-29-43(4)37-51/h24-32,35-37,44-48,52-53,55-58,60,66-68,70-71H,14-23,33-34,38-40H2,1-13H3/q+1/t44-,45-,46+,47-,48-,52+,53-,55+,56-,57-,58-,60+,61-,62-/m1/s1. The monoisotopic (exact) mass is 1060 g/mol. The summed E-state index contributed by atoms with van der Waals surface area (Å²) in [6.07, 6.45) is 3.93. The first-order valence-electron chi connectivity index (χ1n) is 28.4. The number of benzene rings is 3. The average Bonchev–Trinajstić information content (AvgIpc) is 3.35. The second-order valence-corrected chi connectivity index (χ2v) is 27.3. The fourth-order valence-corrected chi connectivity index (χ4v) is 16.9. The van der Waals surface area contributed by atoms with Crippen molar-refractivity contribution in [3.8, 4) is 0 Å². The number of likely N-dealkylation sites (N-methyl/N-ethyl adjacent to an activating group) is 1.